The highest BCUT2D eigenvalue weighted by Gasteiger charge is 2.30. The summed E-state index contributed by atoms with van der Waals surface area (Å²) < 4.78 is 37.1. The average molecular weight is 273 g/mol. The quantitative estimate of drug-likeness (QED) is 0.780. The predicted molar refractivity (Wildman–Crippen MR) is 66.6 cm³/mol. The fraction of sp³-hybridized carbons (Fsp3) is 0.571. The van der Waals surface area contributed by atoms with Crippen LogP contribution in [0.5, 0.6) is 0 Å². The number of aliphatic hydroxyl groups excluding tert-OH is 1. The first kappa shape index (κ1) is 14.3. The smallest absolute Gasteiger partial charge is 0.387 e. The molecule has 2 nitrogen and oxygen atoms in total. The van der Waals surface area contributed by atoms with Crippen molar-refractivity contribution in [2.75, 3.05) is 13.1 Å². The molecule has 0 bridgehead atoms. The van der Waals surface area contributed by atoms with Crippen LogP contribution in [0.1, 0.15) is 36.5 Å². The Morgan fingerprint density at radius 1 is 1.21 bits per heavy atom. The molecule has 1 atom stereocenters. The van der Waals surface area contributed by atoms with Crippen LogP contribution in [0.3, 0.4) is 0 Å². The van der Waals surface area contributed by atoms with Gasteiger partial charge in [0.05, 0.1) is 11.7 Å². The van der Waals surface area contributed by atoms with Gasteiger partial charge in [0, 0.05) is 6.54 Å². The highest BCUT2D eigenvalue weighted by Crippen LogP contribution is 2.32. The van der Waals surface area contributed by atoms with Crippen LogP contribution in [-0.2, 0) is 6.18 Å². The normalized spacial score (nSPS) is 17.5. The highest BCUT2D eigenvalue weighted by molar-refractivity contribution is 5.26. The molecule has 0 amide bonds. The van der Waals surface area contributed by atoms with Crippen molar-refractivity contribution in [3.63, 3.8) is 0 Å². The maximum atomic E-state index is 12.4. The highest BCUT2D eigenvalue weighted by atomic mass is 19.4. The Bertz CT molecular complexity index is 398. The van der Waals surface area contributed by atoms with Crippen LogP contribution < -0.4 is 5.32 Å². The lowest BCUT2D eigenvalue weighted by atomic mass is 10.1. The van der Waals surface area contributed by atoms with Gasteiger partial charge in [-0.25, -0.2) is 0 Å². The molecule has 1 saturated carbocycles. The lowest BCUT2D eigenvalue weighted by Gasteiger charge is -2.13. The molecule has 5 heteroatoms. The van der Waals surface area contributed by atoms with E-state index in [-0.39, 0.29) is 0 Å². The zero-order valence-corrected chi connectivity index (χ0v) is 10.6. The third-order valence-corrected chi connectivity index (χ3v) is 3.39. The van der Waals surface area contributed by atoms with Crippen molar-refractivity contribution in [3.8, 4) is 0 Å². The molecule has 2 N–H and O–H groups in total. The van der Waals surface area contributed by atoms with E-state index in [1.807, 2.05) is 0 Å². The van der Waals surface area contributed by atoms with E-state index in [2.05, 4.69) is 5.32 Å². The Hall–Kier alpha value is -1.07. The first-order chi connectivity index (χ1) is 8.97. The standard InChI is InChI=1S/C14H18F3NO/c15-14(16,17)12-5-3-11(4-6-12)13(19)9-18-8-7-10-1-2-10/h3-6,10,13,18-19H,1-2,7-9H2. The Morgan fingerprint density at radius 3 is 2.37 bits per heavy atom. The van der Waals surface area contributed by atoms with Gasteiger partial charge in [-0.3, -0.25) is 0 Å². The minimum Gasteiger partial charge on any atom is -0.387 e. The number of benzene rings is 1. The van der Waals surface area contributed by atoms with Crippen molar-refractivity contribution < 1.29 is 18.3 Å². The van der Waals surface area contributed by atoms with Gasteiger partial charge in [-0.2, -0.15) is 13.2 Å². The molecule has 0 spiro atoms. The lowest BCUT2D eigenvalue weighted by molar-refractivity contribution is -0.137. The van der Waals surface area contributed by atoms with E-state index >= 15 is 0 Å². The van der Waals surface area contributed by atoms with E-state index < -0.39 is 17.8 Å². The van der Waals surface area contributed by atoms with Crippen LogP contribution in [0.2, 0.25) is 0 Å². The van der Waals surface area contributed by atoms with Crippen molar-refractivity contribution >= 4 is 0 Å². The van der Waals surface area contributed by atoms with Gasteiger partial charge >= 0.3 is 6.18 Å². The maximum absolute atomic E-state index is 12.4. The molecule has 0 aliphatic heterocycles. The van der Waals surface area contributed by atoms with Gasteiger partial charge < -0.3 is 10.4 Å². The molecular weight excluding hydrogens is 255 g/mol. The zero-order chi connectivity index (χ0) is 13.9. The van der Waals surface area contributed by atoms with Gasteiger partial charge in [-0.15, -0.1) is 0 Å². The maximum Gasteiger partial charge on any atom is 0.416 e. The van der Waals surface area contributed by atoms with E-state index in [9.17, 15) is 18.3 Å². The monoisotopic (exact) mass is 273 g/mol. The summed E-state index contributed by atoms with van der Waals surface area (Å²) in [6, 6.07) is 4.66. The van der Waals surface area contributed by atoms with E-state index in [0.717, 1.165) is 31.0 Å². The minimum absolute atomic E-state index is 0.373. The second kappa shape index (κ2) is 5.92. The summed E-state index contributed by atoms with van der Waals surface area (Å²) in [5, 5.41) is 13.0. The molecule has 1 aromatic rings. The van der Waals surface area contributed by atoms with Crippen LogP contribution in [0.4, 0.5) is 13.2 Å². The minimum atomic E-state index is -4.33. The first-order valence-corrected chi connectivity index (χ1v) is 6.53. The number of hydrogen-bond acceptors (Lipinski definition) is 2. The summed E-state index contributed by atoms with van der Waals surface area (Å²) in [6.45, 7) is 1.22. The summed E-state index contributed by atoms with van der Waals surface area (Å²) >= 11 is 0. The van der Waals surface area contributed by atoms with Crippen LogP contribution in [0, 0.1) is 5.92 Å². The van der Waals surface area contributed by atoms with Gasteiger partial charge in [0.2, 0.25) is 0 Å². The van der Waals surface area contributed by atoms with Gasteiger partial charge in [0.15, 0.2) is 0 Å². The predicted octanol–water partition coefficient (Wildman–Crippen LogP) is 3.13. The molecule has 0 heterocycles. The number of halogens is 3. The molecule has 0 radical (unpaired) electrons. The number of aliphatic hydroxyl groups is 1. The van der Waals surface area contributed by atoms with Crippen LogP contribution in [0.25, 0.3) is 0 Å². The lowest BCUT2D eigenvalue weighted by Crippen LogP contribution is -2.22. The molecule has 2 rings (SSSR count). The Balaban J connectivity index is 1.79. The van der Waals surface area contributed by atoms with Gasteiger partial charge in [0.25, 0.3) is 0 Å². The number of hydrogen-bond donors (Lipinski definition) is 2. The van der Waals surface area contributed by atoms with Crippen molar-refractivity contribution in [2.24, 2.45) is 5.92 Å². The van der Waals surface area contributed by atoms with E-state index in [0.29, 0.717) is 12.1 Å². The molecule has 106 valence electrons. The second-order valence-corrected chi connectivity index (χ2v) is 5.07. The average Bonchev–Trinajstić information content (AvgIpc) is 3.17. The molecule has 0 aromatic heterocycles. The van der Waals surface area contributed by atoms with E-state index in [4.69, 9.17) is 0 Å². The zero-order valence-electron chi connectivity index (χ0n) is 10.6. The molecule has 19 heavy (non-hydrogen) atoms. The molecule has 1 unspecified atom stereocenters. The van der Waals surface area contributed by atoms with Crippen LogP contribution >= 0.6 is 0 Å². The molecular formula is C14H18F3NO. The molecule has 1 aliphatic carbocycles. The molecule has 1 fully saturated rings. The van der Waals surface area contributed by atoms with Crippen molar-refractivity contribution in [1.82, 2.24) is 5.32 Å². The third kappa shape index (κ3) is 4.51. The van der Waals surface area contributed by atoms with E-state index in [1.165, 1.54) is 25.0 Å². The van der Waals surface area contributed by atoms with Crippen molar-refractivity contribution in [1.29, 1.82) is 0 Å². The Labute approximate surface area is 110 Å². The summed E-state index contributed by atoms with van der Waals surface area (Å²) in [4.78, 5) is 0. The fourth-order valence-electron chi connectivity index (χ4n) is 1.96. The fourth-order valence-corrected chi connectivity index (χ4v) is 1.96. The molecule has 1 aromatic carbocycles. The molecule has 1 aliphatic rings. The van der Waals surface area contributed by atoms with Crippen LogP contribution in [0.15, 0.2) is 24.3 Å². The Kier molecular flexibility index (Phi) is 4.47. The summed E-state index contributed by atoms with van der Waals surface area (Å²) in [7, 11) is 0. The van der Waals surface area contributed by atoms with Crippen molar-refractivity contribution in [2.45, 2.75) is 31.5 Å². The summed E-state index contributed by atoms with van der Waals surface area (Å²) in [6.07, 6.45) is -1.39. The Morgan fingerprint density at radius 2 is 1.84 bits per heavy atom. The largest absolute Gasteiger partial charge is 0.416 e. The SMILES string of the molecule is OC(CNCCC1CC1)c1ccc(C(F)(F)F)cc1. The van der Waals surface area contributed by atoms with Gasteiger partial charge in [-0.05, 0) is 36.6 Å². The second-order valence-electron chi connectivity index (χ2n) is 5.07. The number of rotatable bonds is 6. The summed E-state index contributed by atoms with van der Waals surface area (Å²) in [5.41, 5.74) is -0.183. The summed E-state index contributed by atoms with van der Waals surface area (Å²) in [5.74, 6) is 0.829. The third-order valence-electron chi connectivity index (χ3n) is 3.39. The van der Waals surface area contributed by atoms with Gasteiger partial charge in [-0.1, -0.05) is 25.0 Å². The van der Waals surface area contributed by atoms with Crippen LogP contribution in [-0.4, -0.2) is 18.2 Å². The van der Waals surface area contributed by atoms with Gasteiger partial charge in [0.1, 0.15) is 0 Å². The molecule has 0 saturated heterocycles. The van der Waals surface area contributed by atoms with Crippen molar-refractivity contribution in [3.05, 3.63) is 35.4 Å². The number of alkyl halides is 3. The first-order valence-electron chi connectivity index (χ1n) is 6.53. The van der Waals surface area contributed by atoms with E-state index in [1.54, 1.807) is 0 Å². The topological polar surface area (TPSA) is 32.3 Å². The number of nitrogens with one attached hydrogen (secondary N) is 1.